The minimum atomic E-state index is -1.47. The third kappa shape index (κ3) is 2.66. The van der Waals surface area contributed by atoms with Gasteiger partial charge in [0.05, 0.1) is 13.2 Å². The van der Waals surface area contributed by atoms with Crippen LogP contribution in [0.3, 0.4) is 0 Å². The molecule has 0 atom stereocenters. The molecule has 0 aromatic carbocycles. The Kier molecular flexibility index (Phi) is 3.01. The van der Waals surface area contributed by atoms with E-state index in [4.69, 9.17) is 14.6 Å². The zero-order valence-electron chi connectivity index (χ0n) is 8.99. The number of aliphatic carboxylic acids is 1. The lowest BCUT2D eigenvalue weighted by atomic mass is 10.0. The second kappa shape index (κ2) is 3.79. The average molecular weight is 217 g/mol. The Bertz CT molecular complexity index is 276. The standard InChI is InChI=1S/C9H15NO5/c1-6(11)10-9(7(12)13)4-14-8(2,3)15-5-9/h4-5H2,1-3H3,(H,10,11)(H,12,13). The molecule has 0 aromatic rings. The molecule has 1 rings (SSSR count). The van der Waals surface area contributed by atoms with Crippen LogP contribution in [-0.4, -0.2) is 41.5 Å². The van der Waals surface area contributed by atoms with Crippen LogP contribution >= 0.6 is 0 Å². The van der Waals surface area contributed by atoms with Crippen LogP contribution in [0.15, 0.2) is 0 Å². The first-order chi connectivity index (χ1) is 6.77. The van der Waals surface area contributed by atoms with Gasteiger partial charge < -0.3 is 19.9 Å². The number of amides is 1. The van der Waals surface area contributed by atoms with Crippen LogP contribution in [0.4, 0.5) is 0 Å². The Morgan fingerprint density at radius 3 is 2.07 bits per heavy atom. The van der Waals surface area contributed by atoms with Gasteiger partial charge in [0.15, 0.2) is 11.3 Å². The molecule has 6 heteroatoms. The molecule has 0 radical (unpaired) electrons. The summed E-state index contributed by atoms with van der Waals surface area (Å²) in [5, 5.41) is 11.4. The van der Waals surface area contributed by atoms with Crippen LogP contribution in [-0.2, 0) is 19.1 Å². The van der Waals surface area contributed by atoms with Crippen molar-refractivity contribution in [1.82, 2.24) is 5.32 Å². The number of hydrogen-bond donors (Lipinski definition) is 2. The normalized spacial score (nSPS) is 23.1. The van der Waals surface area contributed by atoms with Crippen molar-refractivity contribution in [1.29, 1.82) is 0 Å². The second-order valence-electron chi connectivity index (χ2n) is 4.05. The number of carbonyl (C=O) groups excluding carboxylic acids is 1. The lowest BCUT2D eigenvalue weighted by molar-refractivity contribution is -0.270. The molecular weight excluding hydrogens is 202 g/mol. The molecule has 0 aliphatic carbocycles. The van der Waals surface area contributed by atoms with Crippen LogP contribution in [0.5, 0.6) is 0 Å². The van der Waals surface area contributed by atoms with E-state index in [0.29, 0.717) is 0 Å². The number of carbonyl (C=O) groups is 2. The molecule has 1 heterocycles. The molecule has 15 heavy (non-hydrogen) atoms. The van der Waals surface area contributed by atoms with Crippen molar-refractivity contribution >= 4 is 11.9 Å². The quantitative estimate of drug-likeness (QED) is 0.665. The summed E-state index contributed by atoms with van der Waals surface area (Å²) in [7, 11) is 0. The van der Waals surface area contributed by atoms with Crippen molar-refractivity contribution in [3.8, 4) is 0 Å². The Balaban J connectivity index is 2.78. The Hall–Kier alpha value is -1.14. The van der Waals surface area contributed by atoms with E-state index in [1.54, 1.807) is 13.8 Å². The molecule has 1 aliphatic rings. The van der Waals surface area contributed by atoms with Gasteiger partial charge in [-0.2, -0.15) is 0 Å². The van der Waals surface area contributed by atoms with Crippen LogP contribution in [0, 0.1) is 0 Å². The van der Waals surface area contributed by atoms with Gasteiger partial charge in [0, 0.05) is 6.92 Å². The van der Waals surface area contributed by atoms with Crippen molar-refractivity contribution < 1.29 is 24.2 Å². The number of carboxylic acid groups (broad SMARTS) is 1. The summed E-state index contributed by atoms with van der Waals surface area (Å²) in [5.74, 6) is -2.39. The highest BCUT2D eigenvalue weighted by Crippen LogP contribution is 2.23. The van der Waals surface area contributed by atoms with Crippen molar-refractivity contribution in [3.05, 3.63) is 0 Å². The van der Waals surface area contributed by atoms with Gasteiger partial charge in [-0.05, 0) is 13.8 Å². The first kappa shape index (κ1) is 11.9. The molecule has 2 N–H and O–H groups in total. The molecule has 1 saturated heterocycles. The van der Waals surface area contributed by atoms with E-state index in [1.165, 1.54) is 6.92 Å². The summed E-state index contributed by atoms with van der Waals surface area (Å²) in [6.45, 7) is 4.42. The van der Waals surface area contributed by atoms with Gasteiger partial charge >= 0.3 is 5.97 Å². The van der Waals surface area contributed by atoms with Gasteiger partial charge in [0.1, 0.15) is 0 Å². The maximum Gasteiger partial charge on any atom is 0.334 e. The van der Waals surface area contributed by atoms with Crippen molar-refractivity contribution in [2.45, 2.75) is 32.1 Å². The van der Waals surface area contributed by atoms with Crippen molar-refractivity contribution in [2.24, 2.45) is 0 Å². The fraction of sp³-hybridized carbons (Fsp3) is 0.778. The summed E-state index contributed by atoms with van der Waals surface area (Å²) in [6, 6.07) is 0. The lowest BCUT2D eigenvalue weighted by Gasteiger charge is -2.40. The molecule has 1 amide bonds. The largest absolute Gasteiger partial charge is 0.479 e. The van der Waals surface area contributed by atoms with Gasteiger partial charge in [-0.15, -0.1) is 0 Å². The summed E-state index contributed by atoms with van der Waals surface area (Å²) in [4.78, 5) is 21.9. The average Bonchev–Trinajstić information content (AvgIpc) is 2.08. The number of ether oxygens (including phenoxy) is 2. The zero-order valence-corrected chi connectivity index (χ0v) is 8.99. The summed E-state index contributed by atoms with van der Waals surface area (Å²) >= 11 is 0. The van der Waals surface area contributed by atoms with E-state index in [-0.39, 0.29) is 13.2 Å². The summed E-state index contributed by atoms with van der Waals surface area (Å²) in [6.07, 6.45) is 0. The minimum Gasteiger partial charge on any atom is -0.479 e. The Morgan fingerprint density at radius 1 is 1.27 bits per heavy atom. The van der Waals surface area contributed by atoms with E-state index in [9.17, 15) is 9.59 Å². The first-order valence-electron chi connectivity index (χ1n) is 4.57. The molecule has 0 spiro atoms. The van der Waals surface area contributed by atoms with Crippen LogP contribution < -0.4 is 5.32 Å². The number of rotatable bonds is 2. The second-order valence-corrected chi connectivity index (χ2v) is 4.05. The lowest BCUT2D eigenvalue weighted by Crippen LogP contribution is -2.65. The molecule has 1 aliphatic heterocycles. The summed E-state index contributed by atoms with van der Waals surface area (Å²) < 4.78 is 10.5. The topological polar surface area (TPSA) is 84.9 Å². The molecule has 86 valence electrons. The van der Waals surface area contributed by atoms with E-state index in [0.717, 1.165) is 0 Å². The van der Waals surface area contributed by atoms with Gasteiger partial charge in [-0.1, -0.05) is 0 Å². The molecule has 0 bridgehead atoms. The zero-order chi connectivity index (χ0) is 11.7. The Labute approximate surface area is 87.5 Å². The van der Waals surface area contributed by atoms with Crippen molar-refractivity contribution in [2.75, 3.05) is 13.2 Å². The highest BCUT2D eigenvalue weighted by atomic mass is 16.7. The monoisotopic (exact) mass is 217 g/mol. The van der Waals surface area contributed by atoms with Gasteiger partial charge in [-0.25, -0.2) is 4.79 Å². The van der Waals surface area contributed by atoms with E-state index >= 15 is 0 Å². The Morgan fingerprint density at radius 2 is 1.73 bits per heavy atom. The minimum absolute atomic E-state index is 0.102. The van der Waals surface area contributed by atoms with E-state index in [2.05, 4.69) is 5.32 Å². The highest BCUT2D eigenvalue weighted by Gasteiger charge is 2.46. The fourth-order valence-corrected chi connectivity index (χ4v) is 1.26. The first-order valence-corrected chi connectivity index (χ1v) is 4.57. The van der Waals surface area contributed by atoms with Gasteiger partial charge in [0.25, 0.3) is 0 Å². The van der Waals surface area contributed by atoms with E-state index < -0.39 is 23.2 Å². The number of nitrogens with one attached hydrogen (secondary N) is 1. The van der Waals surface area contributed by atoms with E-state index in [1.807, 2.05) is 0 Å². The van der Waals surface area contributed by atoms with Crippen LogP contribution in [0.1, 0.15) is 20.8 Å². The number of hydrogen-bond acceptors (Lipinski definition) is 4. The smallest absolute Gasteiger partial charge is 0.334 e. The molecule has 1 fully saturated rings. The molecule has 0 saturated carbocycles. The van der Waals surface area contributed by atoms with Crippen LogP contribution in [0.25, 0.3) is 0 Å². The SMILES string of the molecule is CC(=O)NC1(C(=O)O)COC(C)(C)OC1. The van der Waals surface area contributed by atoms with Gasteiger partial charge in [0.2, 0.25) is 5.91 Å². The van der Waals surface area contributed by atoms with Crippen molar-refractivity contribution in [3.63, 3.8) is 0 Å². The number of carboxylic acids is 1. The molecular formula is C9H15NO5. The highest BCUT2D eigenvalue weighted by molar-refractivity contribution is 5.86. The predicted octanol–water partition coefficient (Wildman–Crippen LogP) is -0.271. The predicted molar refractivity (Wildman–Crippen MR) is 50.2 cm³/mol. The third-order valence-electron chi connectivity index (χ3n) is 2.16. The maximum atomic E-state index is 11.0. The fourth-order valence-electron chi connectivity index (χ4n) is 1.26. The third-order valence-corrected chi connectivity index (χ3v) is 2.16. The molecule has 0 aromatic heterocycles. The van der Waals surface area contributed by atoms with Crippen LogP contribution in [0.2, 0.25) is 0 Å². The maximum absolute atomic E-state index is 11.0. The summed E-state index contributed by atoms with van der Waals surface area (Å²) in [5.41, 5.74) is -1.47. The van der Waals surface area contributed by atoms with Gasteiger partial charge in [-0.3, -0.25) is 4.79 Å². The molecule has 6 nitrogen and oxygen atoms in total. The molecule has 0 unspecified atom stereocenters.